The van der Waals surface area contributed by atoms with Crippen molar-refractivity contribution in [2.75, 3.05) is 33.5 Å². The summed E-state index contributed by atoms with van der Waals surface area (Å²) in [6.45, 7) is 5.97. The molecule has 1 unspecified atom stereocenters. The van der Waals surface area contributed by atoms with Gasteiger partial charge in [0.05, 0.1) is 11.6 Å². The van der Waals surface area contributed by atoms with E-state index in [0.29, 0.717) is 19.6 Å². The Bertz CT molecular complexity index is 585. The van der Waals surface area contributed by atoms with E-state index in [0.717, 1.165) is 18.0 Å². The van der Waals surface area contributed by atoms with Gasteiger partial charge in [-0.3, -0.25) is 0 Å². The molecule has 1 atom stereocenters. The highest BCUT2D eigenvalue weighted by Crippen LogP contribution is 2.14. The maximum absolute atomic E-state index is 11.9. The monoisotopic (exact) mass is 498 g/mol. The zero-order chi connectivity index (χ0) is 24.7. The first kappa shape index (κ1) is 30.9. The maximum Gasteiger partial charge on any atom is 0.407 e. The van der Waals surface area contributed by atoms with E-state index >= 15 is 0 Å². The molecule has 1 aromatic rings. The molecule has 0 spiro atoms. The number of unbranched alkanes of at least 4 members (excludes halogenated alkanes) is 13. The number of nitrogens with one attached hydrogen (secondary N) is 1. The normalized spacial score (nSPS) is 13.0. The van der Waals surface area contributed by atoms with Crippen LogP contribution in [0.4, 0.5) is 4.79 Å². The second kappa shape index (κ2) is 21.1. The highest BCUT2D eigenvalue weighted by atomic mass is 32.1. The molecule has 0 radical (unpaired) electrons. The van der Waals surface area contributed by atoms with E-state index in [4.69, 9.17) is 14.2 Å². The third kappa shape index (κ3) is 17.3. The van der Waals surface area contributed by atoms with Crippen LogP contribution in [0.25, 0.3) is 0 Å². The Morgan fingerprint density at radius 3 is 2.06 bits per heavy atom. The summed E-state index contributed by atoms with van der Waals surface area (Å²) in [4.78, 5) is 16.1. The minimum Gasteiger partial charge on any atom is -0.446 e. The largest absolute Gasteiger partial charge is 0.446 e. The van der Waals surface area contributed by atoms with Gasteiger partial charge in [-0.25, -0.2) is 9.78 Å². The van der Waals surface area contributed by atoms with Crippen molar-refractivity contribution in [2.24, 2.45) is 0 Å². The number of thiazole rings is 1. The Balaban J connectivity index is 1.91. The third-order valence-electron chi connectivity index (χ3n) is 6.14. The number of carbonyl (C=O) groups is 1. The molecule has 34 heavy (non-hydrogen) atoms. The Morgan fingerprint density at radius 1 is 0.941 bits per heavy atom. The van der Waals surface area contributed by atoms with Crippen LogP contribution < -0.4 is 5.32 Å². The van der Waals surface area contributed by atoms with Gasteiger partial charge in [-0.1, -0.05) is 90.4 Å². The first-order valence-corrected chi connectivity index (χ1v) is 14.4. The van der Waals surface area contributed by atoms with Crippen LogP contribution in [-0.4, -0.2) is 50.2 Å². The van der Waals surface area contributed by atoms with Crippen molar-refractivity contribution in [1.82, 2.24) is 10.3 Å². The first-order chi connectivity index (χ1) is 16.6. The van der Waals surface area contributed by atoms with E-state index in [2.05, 4.69) is 17.2 Å². The van der Waals surface area contributed by atoms with Gasteiger partial charge in [0.25, 0.3) is 0 Å². The molecule has 0 fully saturated rings. The number of rotatable bonds is 23. The van der Waals surface area contributed by atoms with Crippen molar-refractivity contribution >= 4 is 17.4 Å². The third-order valence-corrected chi connectivity index (χ3v) is 6.98. The minimum absolute atomic E-state index is 0.158. The van der Waals surface area contributed by atoms with Crippen LogP contribution in [0.5, 0.6) is 0 Å². The van der Waals surface area contributed by atoms with E-state index in [-0.39, 0.29) is 6.61 Å². The van der Waals surface area contributed by atoms with Crippen LogP contribution in [0, 0.1) is 0 Å². The number of ether oxygens (including phenoxy) is 3. The smallest absolute Gasteiger partial charge is 0.407 e. The summed E-state index contributed by atoms with van der Waals surface area (Å²) in [5.41, 5.74) is -0.636. The van der Waals surface area contributed by atoms with Crippen LogP contribution in [0.15, 0.2) is 11.6 Å². The fourth-order valence-corrected chi connectivity index (χ4v) is 4.38. The number of nitrogens with zero attached hydrogens (tertiary/aromatic N) is 1. The number of hydrogen-bond acceptors (Lipinski definition) is 6. The Hall–Kier alpha value is -1.18. The summed E-state index contributed by atoms with van der Waals surface area (Å²) < 4.78 is 16.7. The molecule has 0 aliphatic heterocycles. The molecule has 1 aromatic heterocycles. The van der Waals surface area contributed by atoms with Crippen LogP contribution in [0.2, 0.25) is 0 Å². The highest BCUT2D eigenvalue weighted by Gasteiger charge is 2.26. The van der Waals surface area contributed by atoms with Crippen molar-refractivity contribution in [3.05, 3.63) is 16.6 Å². The molecule has 6 nitrogen and oxygen atoms in total. The lowest BCUT2D eigenvalue weighted by atomic mass is 10.0. The summed E-state index contributed by atoms with van der Waals surface area (Å²) in [7, 11) is 1.62. The van der Waals surface area contributed by atoms with Crippen LogP contribution in [0.3, 0.4) is 0 Å². The van der Waals surface area contributed by atoms with Crippen LogP contribution in [0.1, 0.15) is 109 Å². The second-order valence-corrected chi connectivity index (χ2v) is 10.5. The van der Waals surface area contributed by atoms with Crippen molar-refractivity contribution in [1.29, 1.82) is 0 Å². The number of aromatic nitrogens is 1. The fourth-order valence-electron chi connectivity index (χ4n) is 3.76. The van der Waals surface area contributed by atoms with E-state index in [1.54, 1.807) is 24.6 Å². The van der Waals surface area contributed by atoms with E-state index < -0.39 is 11.7 Å². The SMILES string of the molecule is CCCCCCCCCCCCCCCCOCC(C)(COC(=O)NCCc1nccs1)OC. The predicted molar refractivity (Wildman–Crippen MR) is 142 cm³/mol. The Kier molecular flexibility index (Phi) is 19.2. The van der Waals surface area contributed by atoms with Gasteiger partial charge < -0.3 is 19.5 Å². The molecule has 0 saturated heterocycles. The second-order valence-electron chi connectivity index (χ2n) is 9.48. The zero-order valence-corrected chi connectivity index (χ0v) is 22.9. The summed E-state index contributed by atoms with van der Waals surface area (Å²) >= 11 is 1.58. The average molecular weight is 499 g/mol. The molecule has 0 bridgehead atoms. The fraction of sp³-hybridized carbons (Fsp3) is 0.852. The summed E-state index contributed by atoms with van der Waals surface area (Å²) in [6.07, 6.45) is 20.9. The first-order valence-electron chi connectivity index (χ1n) is 13.5. The Labute approximate surface area is 212 Å². The molecule has 0 saturated carbocycles. The van der Waals surface area contributed by atoms with Gasteiger partial charge >= 0.3 is 6.09 Å². The van der Waals surface area contributed by atoms with E-state index in [9.17, 15) is 4.79 Å². The summed E-state index contributed by atoms with van der Waals surface area (Å²) in [5, 5.41) is 5.68. The maximum atomic E-state index is 11.9. The standard InChI is InChI=1S/C27H50N2O4S/c1-4-5-6-7-8-9-10-11-12-13-14-15-16-17-21-32-23-27(2,31-3)24-33-26(30)29-19-18-25-28-20-22-34-25/h20,22H,4-19,21,23-24H2,1-3H3,(H,29,30). The molecule has 1 rings (SSSR count). The molecule has 1 heterocycles. The molecule has 198 valence electrons. The number of alkyl carbamates (subject to hydrolysis) is 1. The lowest BCUT2D eigenvalue weighted by molar-refractivity contribution is -0.0932. The molecule has 1 amide bonds. The highest BCUT2D eigenvalue weighted by molar-refractivity contribution is 7.09. The van der Waals surface area contributed by atoms with Crippen molar-refractivity contribution in [3.8, 4) is 0 Å². The lowest BCUT2D eigenvalue weighted by Crippen LogP contribution is -2.41. The molecule has 7 heteroatoms. The van der Waals surface area contributed by atoms with Crippen LogP contribution >= 0.6 is 11.3 Å². The van der Waals surface area contributed by atoms with Gasteiger partial charge in [-0.2, -0.15) is 0 Å². The van der Waals surface area contributed by atoms with E-state index in [1.807, 2.05) is 12.3 Å². The lowest BCUT2D eigenvalue weighted by Gasteiger charge is -2.27. The summed E-state index contributed by atoms with van der Waals surface area (Å²) in [5.74, 6) is 0. The number of carbonyl (C=O) groups excluding carboxylic acids is 1. The molecular weight excluding hydrogens is 448 g/mol. The average Bonchev–Trinajstić information content (AvgIpc) is 3.36. The topological polar surface area (TPSA) is 69.7 Å². The molecule has 0 aliphatic rings. The van der Waals surface area contributed by atoms with Gasteiger partial charge in [-0.15, -0.1) is 11.3 Å². The molecular formula is C27H50N2O4S. The number of methoxy groups -OCH3 is 1. The summed E-state index contributed by atoms with van der Waals surface area (Å²) in [6, 6.07) is 0. The van der Waals surface area contributed by atoms with Gasteiger partial charge in [0.1, 0.15) is 12.2 Å². The predicted octanol–water partition coefficient (Wildman–Crippen LogP) is 7.31. The van der Waals surface area contributed by atoms with Crippen molar-refractivity contribution in [2.45, 2.75) is 116 Å². The van der Waals surface area contributed by atoms with Gasteiger partial charge in [0.15, 0.2) is 0 Å². The van der Waals surface area contributed by atoms with Gasteiger partial charge in [-0.05, 0) is 13.3 Å². The number of hydrogen-bond donors (Lipinski definition) is 1. The Morgan fingerprint density at radius 2 is 1.53 bits per heavy atom. The van der Waals surface area contributed by atoms with E-state index in [1.165, 1.54) is 83.5 Å². The van der Waals surface area contributed by atoms with Crippen molar-refractivity contribution < 1.29 is 19.0 Å². The van der Waals surface area contributed by atoms with Gasteiger partial charge in [0.2, 0.25) is 0 Å². The van der Waals surface area contributed by atoms with Crippen LogP contribution in [-0.2, 0) is 20.6 Å². The zero-order valence-electron chi connectivity index (χ0n) is 22.1. The molecule has 1 N–H and O–H groups in total. The number of amides is 1. The quantitative estimate of drug-likeness (QED) is 0.160. The molecule has 0 aliphatic carbocycles. The minimum atomic E-state index is -0.636. The van der Waals surface area contributed by atoms with Crippen molar-refractivity contribution in [3.63, 3.8) is 0 Å². The molecule has 0 aromatic carbocycles. The van der Waals surface area contributed by atoms with Gasteiger partial charge in [0, 0.05) is 38.3 Å².